The van der Waals surface area contributed by atoms with E-state index in [-0.39, 0.29) is 34.4 Å². The standard InChI is InChI=1S/C20H20N2O5/c1-3-11-8-15(27-10-11)13(4-2)21-16-17(20(26)19(16)25)22-14-7-5-6-12(9-23)18(14)24/h5-10,13,21-22,24H,3-4H2,1-2H3/t13-/m1/s1. The Labute approximate surface area is 155 Å². The SMILES string of the molecule is CCc1coc([C@@H](CC)Nc2c(Nc3cccc(C=O)c3O)c(=O)c2=O)c1. The second kappa shape index (κ2) is 7.49. The molecule has 27 heavy (non-hydrogen) atoms. The summed E-state index contributed by atoms with van der Waals surface area (Å²) in [6.45, 7) is 3.95. The van der Waals surface area contributed by atoms with Crippen LogP contribution in [0.2, 0.25) is 0 Å². The molecule has 2 aromatic carbocycles. The highest BCUT2D eigenvalue weighted by Gasteiger charge is 2.25. The van der Waals surface area contributed by atoms with Gasteiger partial charge in [0, 0.05) is 0 Å². The summed E-state index contributed by atoms with van der Waals surface area (Å²) in [5.41, 5.74) is 0.179. The largest absolute Gasteiger partial charge is 0.505 e. The number of para-hydroxylation sites is 1. The normalized spacial score (nSPS) is 12.1. The predicted molar refractivity (Wildman–Crippen MR) is 103 cm³/mol. The molecule has 7 heteroatoms. The van der Waals surface area contributed by atoms with Crippen LogP contribution in [0, 0.1) is 0 Å². The summed E-state index contributed by atoms with van der Waals surface area (Å²) in [5, 5.41) is 15.9. The van der Waals surface area contributed by atoms with Gasteiger partial charge < -0.3 is 20.2 Å². The van der Waals surface area contributed by atoms with Crippen LogP contribution in [0.15, 0.2) is 44.5 Å². The quantitative estimate of drug-likeness (QED) is 0.318. The minimum atomic E-state index is -0.683. The van der Waals surface area contributed by atoms with Gasteiger partial charge in [-0.15, -0.1) is 0 Å². The summed E-state index contributed by atoms with van der Waals surface area (Å²) in [6, 6.07) is 6.17. The van der Waals surface area contributed by atoms with E-state index in [0.29, 0.717) is 18.5 Å². The molecule has 0 amide bonds. The van der Waals surface area contributed by atoms with E-state index in [0.717, 1.165) is 12.0 Å². The van der Waals surface area contributed by atoms with Crippen LogP contribution in [0.25, 0.3) is 0 Å². The first-order valence-corrected chi connectivity index (χ1v) is 8.71. The molecule has 0 fully saturated rings. The van der Waals surface area contributed by atoms with Gasteiger partial charge in [-0.3, -0.25) is 14.4 Å². The van der Waals surface area contributed by atoms with E-state index in [1.807, 2.05) is 19.9 Å². The molecule has 0 aliphatic heterocycles. The van der Waals surface area contributed by atoms with Crippen molar-refractivity contribution in [2.75, 3.05) is 10.6 Å². The van der Waals surface area contributed by atoms with Crippen molar-refractivity contribution in [3.05, 3.63) is 67.9 Å². The number of rotatable bonds is 8. The van der Waals surface area contributed by atoms with Crippen LogP contribution >= 0.6 is 0 Å². The molecule has 3 rings (SSSR count). The summed E-state index contributed by atoms with van der Waals surface area (Å²) in [4.78, 5) is 35.0. The molecule has 0 bridgehead atoms. The van der Waals surface area contributed by atoms with Gasteiger partial charge in [-0.2, -0.15) is 0 Å². The maximum absolute atomic E-state index is 12.1. The second-order valence-electron chi connectivity index (χ2n) is 6.21. The van der Waals surface area contributed by atoms with Crippen molar-refractivity contribution in [3.63, 3.8) is 0 Å². The van der Waals surface area contributed by atoms with Crippen LogP contribution in [0.3, 0.4) is 0 Å². The topological polar surface area (TPSA) is 109 Å². The summed E-state index contributed by atoms with van der Waals surface area (Å²) in [5.74, 6) is 0.399. The van der Waals surface area contributed by atoms with Crippen molar-refractivity contribution in [1.82, 2.24) is 0 Å². The molecule has 1 atom stereocenters. The molecule has 3 aromatic rings. The lowest BCUT2D eigenvalue weighted by atomic mass is 10.1. The number of furan rings is 1. The number of hydrogen-bond acceptors (Lipinski definition) is 7. The molecule has 7 nitrogen and oxygen atoms in total. The molecule has 0 aliphatic carbocycles. The van der Waals surface area contributed by atoms with Crippen molar-refractivity contribution in [1.29, 1.82) is 0 Å². The Morgan fingerprint density at radius 3 is 2.56 bits per heavy atom. The van der Waals surface area contributed by atoms with E-state index >= 15 is 0 Å². The summed E-state index contributed by atoms with van der Waals surface area (Å²) >= 11 is 0. The van der Waals surface area contributed by atoms with E-state index < -0.39 is 10.9 Å². The van der Waals surface area contributed by atoms with Crippen molar-refractivity contribution in [3.8, 4) is 5.75 Å². The molecule has 3 N–H and O–H groups in total. The first-order chi connectivity index (χ1) is 13.0. The Kier molecular flexibility index (Phi) is 5.12. The molecule has 140 valence electrons. The highest BCUT2D eigenvalue weighted by molar-refractivity contribution is 5.87. The number of carbonyl (C=O) groups is 1. The first-order valence-electron chi connectivity index (χ1n) is 8.71. The molecule has 0 aliphatic rings. The zero-order valence-corrected chi connectivity index (χ0v) is 15.0. The number of aromatic hydroxyl groups is 1. The third-order valence-corrected chi connectivity index (χ3v) is 4.52. The zero-order chi connectivity index (χ0) is 19.6. The molecule has 0 saturated heterocycles. The van der Waals surface area contributed by atoms with Crippen molar-refractivity contribution in [2.24, 2.45) is 0 Å². The van der Waals surface area contributed by atoms with Crippen LogP contribution in [-0.2, 0) is 6.42 Å². The van der Waals surface area contributed by atoms with Gasteiger partial charge in [0.1, 0.15) is 22.9 Å². The molecule has 0 saturated carbocycles. The molecule has 1 heterocycles. The molecule has 0 radical (unpaired) electrons. The minimum absolute atomic E-state index is 0.0547. The summed E-state index contributed by atoms with van der Waals surface area (Å²) in [7, 11) is 0. The Bertz CT molecular complexity index is 1040. The van der Waals surface area contributed by atoms with Crippen molar-refractivity contribution in [2.45, 2.75) is 32.7 Å². The average Bonchev–Trinajstić information content (AvgIpc) is 3.17. The fourth-order valence-electron chi connectivity index (χ4n) is 2.85. The van der Waals surface area contributed by atoms with Gasteiger partial charge in [-0.1, -0.05) is 19.9 Å². The smallest absolute Gasteiger partial charge is 0.253 e. The number of nitrogens with one attached hydrogen (secondary N) is 2. The highest BCUT2D eigenvalue weighted by Crippen LogP contribution is 2.32. The molecular formula is C20H20N2O5. The number of anilines is 3. The summed E-state index contributed by atoms with van der Waals surface area (Å²) in [6.07, 6.45) is 3.65. The number of carbonyl (C=O) groups excluding carboxylic acids is 1. The number of benzene rings is 1. The second-order valence-corrected chi connectivity index (χ2v) is 6.21. The highest BCUT2D eigenvalue weighted by atomic mass is 16.3. The lowest BCUT2D eigenvalue weighted by Crippen LogP contribution is -2.37. The Morgan fingerprint density at radius 1 is 1.19 bits per heavy atom. The van der Waals surface area contributed by atoms with Crippen LogP contribution in [0.1, 0.15) is 48.0 Å². The lowest BCUT2D eigenvalue weighted by Gasteiger charge is -2.20. The maximum Gasteiger partial charge on any atom is 0.253 e. The van der Waals surface area contributed by atoms with Crippen LogP contribution in [-0.4, -0.2) is 11.4 Å². The number of aldehydes is 1. The predicted octanol–water partition coefficient (Wildman–Crippen LogP) is 3.26. The molecule has 0 spiro atoms. The van der Waals surface area contributed by atoms with Crippen molar-refractivity contribution >= 4 is 23.3 Å². The lowest BCUT2D eigenvalue weighted by molar-refractivity contribution is 0.112. The van der Waals surface area contributed by atoms with Gasteiger partial charge in [0.05, 0.1) is 23.6 Å². The number of aryl methyl sites for hydroxylation is 1. The van der Waals surface area contributed by atoms with E-state index in [1.165, 1.54) is 12.1 Å². The third kappa shape index (κ3) is 3.36. The fraction of sp³-hybridized carbons (Fsp3) is 0.250. The van der Waals surface area contributed by atoms with Gasteiger partial charge in [0.25, 0.3) is 10.9 Å². The van der Waals surface area contributed by atoms with Crippen LogP contribution in [0.5, 0.6) is 5.75 Å². The minimum Gasteiger partial charge on any atom is -0.505 e. The van der Waals surface area contributed by atoms with Gasteiger partial charge in [-0.05, 0) is 36.6 Å². The number of phenols is 1. The Balaban J connectivity index is 1.88. The van der Waals surface area contributed by atoms with Gasteiger partial charge in [0.2, 0.25) is 0 Å². The van der Waals surface area contributed by atoms with Crippen LogP contribution < -0.4 is 21.5 Å². The average molecular weight is 368 g/mol. The molecule has 0 unspecified atom stereocenters. The fourth-order valence-corrected chi connectivity index (χ4v) is 2.85. The van der Waals surface area contributed by atoms with E-state index in [2.05, 4.69) is 10.6 Å². The van der Waals surface area contributed by atoms with E-state index in [4.69, 9.17) is 4.42 Å². The van der Waals surface area contributed by atoms with E-state index in [9.17, 15) is 19.5 Å². The molecule has 1 aromatic heterocycles. The first kappa shape index (κ1) is 18.4. The number of phenolic OH excluding ortho intramolecular Hbond substituents is 1. The van der Waals surface area contributed by atoms with Crippen molar-refractivity contribution < 1.29 is 14.3 Å². The van der Waals surface area contributed by atoms with Crippen LogP contribution in [0.4, 0.5) is 17.1 Å². The Morgan fingerprint density at radius 2 is 1.93 bits per heavy atom. The van der Waals surface area contributed by atoms with Gasteiger partial charge in [-0.25, -0.2) is 0 Å². The third-order valence-electron chi connectivity index (χ3n) is 4.52. The molecular weight excluding hydrogens is 348 g/mol. The van der Waals surface area contributed by atoms with Gasteiger partial charge in [0.15, 0.2) is 6.29 Å². The maximum atomic E-state index is 12.1. The number of hydrogen-bond donors (Lipinski definition) is 3. The summed E-state index contributed by atoms with van der Waals surface area (Å²) < 4.78 is 5.56. The van der Waals surface area contributed by atoms with E-state index in [1.54, 1.807) is 12.3 Å². The monoisotopic (exact) mass is 368 g/mol. The zero-order valence-electron chi connectivity index (χ0n) is 15.0. The van der Waals surface area contributed by atoms with Gasteiger partial charge >= 0.3 is 0 Å². The Hall–Kier alpha value is -3.35.